The normalized spacial score (nSPS) is 14.9. The predicted molar refractivity (Wildman–Crippen MR) is 116 cm³/mol. The zero-order valence-corrected chi connectivity index (χ0v) is 18.1. The molecule has 33 heavy (non-hydrogen) atoms. The fourth-order valence-electron chi connectivity index (χ4n) is 3.28. The standard InChI is InChI=1S/C21H20F4N4O3S/c22-14-1-3-15(4-2-14)26-19(30)29(8-7-28-9-11-31-12-10-28)20-27-17-6-5-16(13-18(17)33-20)32-21(23,24)25/h1-6,13H,7-12H2,(H,26,30). The van der Waals surface area contributed by atoms with Crippen molar-refractivity contribution in [2.45, 2.75) is 6.36 Å². The molecule has 1 aliphatic heterocycles. The number of aromatic nitrogens is 1. The lowest BCUT2D eigenvalue weighted by Crippen LogP contribution is -2.44. The molecule has 176 valence electrons. The Morgan fingerprint density at radius 2 is 1.91 bits per heavy atom. The zero-order chi connectivity index (χ0) is 23.4. The first-order valence-electron chi connectivity index (χ1n) is 10.1. The summed E-state index contributed by atoms with van der Waals surface area (Å²) in [6.45, 7) is 3.50. The van der Waals surface area contributed by atoms with Gasteiger partial charge in [0.05, 0.1) is 23.4 Å². The molecule has 1 N–H and O–H groups in total. The van der Waals surface area contributed by atoms with Crippen molar-refractivity contribution in [3.63, 3.8) is 0 Å². The molecule has 0 aliphatic carbocycles. The van der Waals surface area contributed by atoms with E-state index in [4.69, 9.17) is 4.74 Å². The first-order chi connectivity index (χ1) is 15.8. The molecule has 3 aromatic rings. The lowest BCUT2D eigenvalue weighted by Gasteiger charge is -2.29. The third-order valence-corrected chi connectivity index (χ3v) is 5.94. The van der Waals surface area contributed by atoms with Gasteiger partial charge in [-0.3, -0.25) is 9.80 Å². The molecule has 0 unspecified atom stereocenters. The van der Waals surface area contributed by atoms with Crippen LogP contribution in [0.2, 0.25) is 0 Å². The molecule has 7 nitrogen and oxygen atoms in total. The van der Waals surface area contributed by atoms with Gasteiger partial charge < -0.3 is 14.8 Å². The quantitative estimate of drug-likeness (QED) is 0.514. The summed E-state index contributed by atoms with van der Waals surface area (Å²) in [7, 11) is 0. The molecule has 1 aliphatic rings. The molecular formula is C21H20F4N4O3S. The topological polar surface area (TPSA) is 66.9 Å². The van der Waals surface area contributed by atoms with Gasteiger partial charge in [-0.2, -0.15) is 0 Å². The summed E-state index contributed by atoms with van der Waals surface area (Å²) >= 11 is 1.08. The van der Waals surface area contributed by atoms with E-state index in [-0.39, 0.29) is 5.75 Å². The number of thiazole rings is 1. The van der Waals surface area contributed by atoms with E-state index >= 15 is 0 Å². The van der Waals surface area contributed by atoms with E-state index < -0.39 is 18.2 Å². The number of hydrogen-bond acceptors (Lipinski definition) is 6. The summed E-state index contributed by atoms with van der Waals surface area (Å²) in [6, 6.07) is 8.67. The zero-order valence-electron chi connectivity index (χ0n) is 17.3. The van der Waals surface area contributed by atoms with Crippen LogP contribution in [-0.2, 0) is 4.74 Å². The summed E-state index contributed by atoms with van der Waals surface area (Å²) in [5.74, 6) is -0.791. The van der Waals surface area contributed by atoms with Crippen molar-refractivity contribution in [2.24, 2.45) is 0 Å². The van der Waals surface area contributed by atoms with Crippen molar-refractivity contribution in [3.05, 3.63) is 48.3 Å². The highest BCUT2D eigenvalue weighted by Crippen LogP contribution is 2.33. The average molecular weight is 484 g/mol. The fraction of sp³-hybridized carbons (Fsp3) is 0.333. The number of nitrogens with zero attached hydrogens (tertiary/aromatic N) is 3. The number of benzene rings is 2. The highest BCUT2D eigenvalue weighted by Gasteiger charge is 2.31. The van der Waals surface area contributed by atoms with Gasteiger partial charge in [0.15, 0.2) is 5.13 Å². The van der Waals surface area contributed by atoms with E-state index in [0.29, 0.717) is 47.3 Å². The van der Waals surface area contributed by atoms with Gasteiger partial charge in [0.1, 0.15) is 11.6 Å². The van der Waals surface area contributed by atoms with Crippen LogP contribution in [-0.4, -0.2) is 61.7 Å². The molecule has 12 heteroatoms. The van der Waals surface area contributed by atoms with Crippen molar-refractivity contribution in [2.75, 3.05) is 49.6 Å². The molecule has 1 saturated heterocycles. The van der Waals surface area contributed by atoms with Gasteiger partial charge >= 0.3 is 12.4 Å². The van der Waals surface area contributed by atoms with E-state index in [1.165, 1.54) is 47.4 Å². The Morgan fingerprint density at radius 1 is 1.18 bits per heavy atom. The Morgan fingerprint density at radius 3 is 2.61 bits per heavy atom. The Kier molecular flexibility index (Phi) is 6.96. The van der Waals surface area contributed by atoms with Crippen molar-refractivity contribution < 1.29 is 31.8 Å². The Labute approximate surface area is 190 Å². The van der Waals surface area contributed by atoms with Crippen molar-refractivity contribution in [1.29, 1.82) is 0 Å². The van der Waals surface area contributed by atoms with Crippen LogP contribution < -0.4 is 15.0 Å². The average Bonchev–Trinajstić information content (AvgIpc) is 3.18. The SMILES string of the molecule is O=C(Nc1ccc(F)cc1)N(CCN1CCOCC1)c1nc2ccc(OC(F)(F)F)cc2s1. The third-order valence-electron chi connectivity index (χ3n) is 4.90. The van der Waals surface area contributed by atoms with Gasteiger partial charge in [-0.1, -0.05) is 11.3 Å². The molecule has 1 fully saturated rings. The smallest absolute Gasteiger partial charge is 0.406 e. The van der Waals surface area contributed by atoms with Crippen LogP contribution in [0.5, 0.6) is 5.75 Å². The minimum absolute atomic E-state index is 0.290. The lowest BCUT2D eigenvalue weighted by molar-refractivity contribution is -0.274. The maximum absolute atomic E-state index is 13.2. The van der Waals surface area contributed by atoms with Crippen LogP contribution in [0.4, 0.5) is 33.2 Å². The number of carbonyl (C=O) groups excluding carboxylic acids is 1. The van der Waals surface area contributed by atoms with Crippen molar-refractivity contribution in [1.82, 2.24) is 9.88 Å². The fourth-order valence-corrected chi connectivity index (χ4v) is 4.30. The summed E-state index contributed by atoms with van der Waals surface area (Å²) in [4.78, 5) is 21.1. The molecule has 2 amide bonds. The van der Waals surface area contributed by atoms with Crippen LogP contribution in [0.1, 0.15) is 0 Å². The predicted octanol–water partition coefficient (Wildman–Crippen LogP) is 4.70. The number of anilines is 2. The van der Waals surface area contributed by atoms with Crippen molar-refractivity contribution >= 4 is 38.4 Å². The molecule has 0 atom stereocenters. The van der Waals surface area contributed by atoms with Gasteiger partial charge in [0.2, 0.25) is 0 Å². The molecule has 4 rings (SSSR count). The molecule has 1 aromatic heterocycles. The molecule has 2 heterocycles. The van der Waals surface area contributed by atoms with E-state index in [2.05, 4.69) is 19.9 Å². The van der Waals surface area contributed by atoms with E-state index in [9.17, 15) is 22.4 Å². The van der Waals surface area contributed by atoms with E-state index in [1.807, 2.05) is 0 Å². The number of carbonyl (C=O) groups is 1. The summed E-state index contributed by atoms with van der Waals surface area (Å²) < 4.78 is 60.6. The monoisotopic (exact) mass is 484 g/mol. The minimum Gasteiger partial charge on any atom is -0.406 e. The van der Waals surface area contributed by atoms with Crippen LogP contribution >= 0.6 is 11.3 Å². The van der Waals surface area contributed by atoms with Gasteiger partial charge in [0, 0.05) is 37.9 Å². The van der Waals surface area contributed by atoms with Crippen LogP contribution in [0, 0.1) is 5.82 Å². The number of morpholine rings is 1. The number of hydrogen-bond donors (Lipinski definition) is 1. The van der Waals surface area contributed by atoms with Crippen LogP contribution in [0.3, 0.4) is 0 Å². The highest BCUT2D eigenvalue weighted by molar-refractivity contribution is 7.22. The molecule has 0 saturated carbocycles. The Balaban J connectivity index is 1.57. The number of urea groups is 1. The van der Waals surface area contributed by atoms with Crippen LogP contribution in [0.25, 0.3) is 10.2 Å². The maximum Gasteiger partial charge on any atom is 0.573 e. The summed E-state index contributed by atoms with van der Waals surface area (Å²) in [5.41, 5.74) is 0.843. The second-order valence-corrected chi connectivity index (χ2v) is 8.23. The number of nitrogens with one attached hydrogen (secondary N) is 1. The molecule has 0 spiro atoms. The van der Waals surface area contributed by atoms with E-state index in [0.717, 1.165) is 24.4 Å². The number of alkyl halides is 3. The van der Waals surface area contributed by atoms with E-state index in [1.54, 1.807) is 0 Å². The highest BCUT2D eigenvalue weighted by atomic mass is 32.1. The number of halogens is 4. The van der Waals surface area contributed by atoms with Crippen LogP contribution in [0.15, 0.2) is 42.5 Å². The lowest BCUT2D eigenvalue weighted by atomic mass is 10.3. The minimum atomic E-state index is -4.81. The largest absolute Gasteiger partial charge is 0.573 e. The molecular weight excluding hydrogens is 464 g/mol. The van der Waals surface area contributed by atoms with Gasteiger partial charge in [-0.25, -0.2) is 14.2 Å². The van der Waals surface area contributed by atoms with Gasteiger partial charge in [-0.05, 0) is 36.4 Å². The third kappa shape index (κ3) is 6.30. The van der Waals surface area contributed by atoms with Crippen molar-refractivity contribution in [3.8, 4) is 5.75 Å². The number of ether oxygens (including phenoxy) is 2. The van der Waals surface area contributed by atoms with Gasteiger partial charge in [0.25, 0.3) is 0 Å². The first kappa shape index (κ1) is 23.2. The number of fused-ring (bicyclic) bond motifs is 1. The maximum atomic E-state index is 13.2. The second kappa shape index (κ2) is 9.89. The first-order valence-corrected chi connectivity index (χ1v) is 10.9. The Bertz CT molecular complexity index is 1100. The summed E-state index contributed by atoms with van der Waals surface area (Å²) in [5, 5.41) is 3.03. The van der Waals surface area contributed by atoms with Gasteiger partial charge in [-0.15, -0.1) is 13.2 Å². The molecule has 0 radical (unpaired) electrons. The Hall–Kier alpha value is -2.96. The molecule has 2 aromatic carbocycles. The summed E-state index contributed by atoms with van der Waals surface area (Å²) in [6.07, 6.45) is -4.81. The number of rotatable bonds is 6. The second-order valence-electron chi connectivity index (χ2n) is 7.22. The molecule has 0 bridgehead atoms. The number of amides is 2.